The van der Waals surface area contributed by atoms with Crippen molar-refractivity contribution >= 4 is 11.8 Å². The van der Waals surface area contributed by atoms with Crippen LogP contribution in [-0.2, 0) is 17.7 Å². The van der Waals surface area contributed by atoms with Crippen LogP contribution in [0.25, 0.3) is 11.4 Å². The lowest BCUT2D eigenvalue weighted by atomic mass is 10.1. The zero-order chi connectivity index (χ0) is 18.1. The predicted octanol–water partition coefficient (Wildman–Crippen LogP) is 3.51. The highest BCUT2D eigenvalue weighted by Gasteiger charge is 2.31. The van der Waals surface area contributed by atoms with Gasteiger partial charge < -0.3 is 4.52 Å². The molecule has 1 saturated carbocycles. The zero-order valence-corrected chi connectivity index (χ0v) is 14.2. The van der Waals surface area contributed by atoms with Crippen LogP contribution in [0.4, 0.5) is 13.2 Å². The van der Waals surface area contributed by atoms with E-state index < -0.39 is 11.7 Å². The summed E-state index contributed by atoms with van der Waals surface area (Å²) < 4.78 is 45.4. The summed E-state index contributed by atoms with van der Waals surface area (Å²) in [7, 11) is 0. The Morgan fingerprint density at radius 3 is 2.85 bits per heavy atom. The van der Waals surface area contributed by atoms with Gasteiger partial charge in [0.25, 0.3) is 0 Å². The number of halogens is 3. The first-order valence-electron chi connectivity index (χ1n) is 7.85. The van der Waals surface area contributed by atoms with E-state index in [0.29, 0.717) is 23.4 Å². The maximum atomic E-state index is 12.8. The van der Waals surface area contributed by atoms with Crippen LogP contribution < -0.4 is 0 Å². The van der Waals surface area contributed by atoms with E-state index in [1.165, 1.54) is 23.9 Å². The van der Waals surface area contributed by atoms with Crippen LogP contribution in [0.15, 0.2) is 28.8 Å². The number of thioether (sulfide) groups is 1. The third-order valence-electron chi connectivity index (χ3n) is 3.83. The van der Waals surface area contributed by atoms with Gasteiger partial charge in [-0.15, -0.1) is 16.9 Å². The molecule has 0 amide bonds. The molecule has 4 rings (SSSR count). The second-order valence-electron chi connectivity index (χ2n) is 5.85. The van der Waals surface area contributed by atoms with Gasteiger partial charge in [-0.2, -0.15) is 18.2 Å². The highest BCUT2D eigenvalue weighted by Crippen LogP contribution is 2.35. The number of rotatable bonds is 6. The van der Waals surface area contributed by atoms with Crippen LogP contribution in [0.3, 0.4) is 0 Å². The molecule has 7 nitrogen and oxygen atoms in total. The molecule has 0 saturated heterocycles. The molecule has 0 radical (unpaired) electrons. The molecule has 1 aromatic carbocycles. The summed E-state index contributed by atoms with van der Waals surface area (Å²) in [6, 6.07) is 5.24. The lowest BCUT2D eigenvalue weighted by Gasteiger charge is -2.06. The quantitative estimate of drug-likeness (QED) is 0.645. The van der Waals surface area contributed by atoms with Crippen molar-refractivity contribution in [2.24, 2.45) is 0 Å². The number of alkyl halides is 3. The first kappa shape index (κ1) is 17.0. The van der Waals surface area contributed by atoms with Crippen molar-refractivity contribution in [3.8, 4) is 11.4 Å². The number of aromatic nitrogens is 6. The lowest BCUT2D eigenvalue weighted by molar-refractivity contribution is -0.137. The van der Waals surface area contributed by atoms with Gasteiger partial charge in [0.15, 0.2) is 5.82 Å². The van der Waals surface area contributed by atoms with Crippen LogP contribution in [-0.4, -0.2) is 30.3 Å². The fourth-order valence-electron chi connectivity index (χ4n) is 2.41. The minimum Gasteiger partial charge on any atom is -0.338 e. The Morgan fingerprint density at radius 1 is 1.23 bits per heavy atom. The zero-order valence-electron chi connectivity index (χ0n) is 13.3. The molecular weight excluding hydrogens is 369 g/mol. The Bertz CT molecular complexity index is 905. The van der Waals surface area contributed by atoms with Crippen LogP contribution in [0.2, 0.25) is 0 Å². The van der Waals surface area contributed by atoms with Crippen molar-refractivity contribution in [2.45, 2.75) is 36.6 Å². The molecule has 2 heterocycles. The summed E-state index contributed by atoms with van der Waals surface area (Å²) in [5.74, 6) is 2.27. The monoisotopic (exact) mass is 382 g/mol. The largest absolute Gasteiger partial charge is 0.416 e. The van der Waals surface area contributed by atoms with E-state index in [1.807, 2.05) is 4.68 Å². The summed E-state index contributed by atoms with van der Waals surface area (Å²) in [5, 5.41) is 15.4. The molecule has 0 atom stereocenters. The molecule has 0 spiro atoms. The number of hydrogen-bond donors (Lipinski definition) is 0. The van der Waals surface area contributed by atoms with Crippen molar-refractivity contribution < 1.29 is 17.7 Å². The molecule has 0 aliphatic heterocycles. The van der Waals surface area contributed by atoms with E-state index in [9.17, 15) is 13.2 Å². The first-order valence-corrected chi connectivity index (χ1v) is 9.01. The summed E-state index contributed by atoms with van der Waals surface area (Å²) in [4.78, 5) is 4.17. The Morgan fingerprint density at radius 2 is 2.08 bits per heavy atom. The van der Waals surface area contributed by atoms with Gasteiger partial charge in [-0.1, -0.05) is 17.3 Å². The van der Waals surface area contributed by atoms with E-state index in [-0.39, 0.29) is 11.4 Å². The Balaban J connectivity index is 1.39. The highest BCUT2D eigenvalue weighted by molar-refractivity contribution is 7.97. The molecule has 0 bridgehead atoms. The van der Waals surface area contributed by atoms with Gasteiger partial charge in [0.1, 0.15) is 0 Å². The van der Waals surface area contributed by atoms with Crippen LogP contribution in [0.5, 0.6) is 0 Å². The van der Waals surface area contributed by atoms with Gasteiger partial charge in [-0.05, 0) is 35.4 Å². The highest BCUT2D eigenvalue weighted by atomic mass is 32.2. The minimum absolute atomic E-state index is 0.134. The summed E-state index contributed by atoms with van der Waals surface area (Å²) in [5.41, 5.74) is -0.486. The van der Waals surface area contributed by atoms with Gasteiger partial charge in [0.05, 0.1) is 23.1 Å². The molecule has 2 aromatic heterocycles. The van der Waals surface area contributed by atoms with Crippen LogP contribution >= 0.6 is 11.8 Å². The normalized spacial score (nSPS) is 14.7. The Hall–Kier alpha value is -2.43. The molecule has 1 aliphatic carbocycles. The van der Waals surface area contributed by atoms with Crippen LogP contribution in [0, 0.1) is 0 Å². The number of hydrogen-bond acceptors (Lipinski definition) is 7. The predicted molar refractivity (Wildman–Crippen MR) is 85.8 cm³/mol. The fraction of sp³-hybridized carbons (Fsp3) is 0.400. The van der Waals surface area contributed by atoms with Crippen molar-refractivity contribution in [3.63, 3.8) is 0 Å². The van der Waals surface area contributed by atoms with E-state index in [1.54, 1.807) is 0 Å². The molecule has 3 aromatic rings. The summed E-state index contributed by atoms with van der Waals surface area (Å²) in [6.45, 7) is 0. The maximum absolute atomic E-state index is 12.8. The van der Waals surface area contributed by atoms with E-state index in [4.69, 9.17) is 4.52 Å². The Kier molecular flexibility index (Phi) is 4.39. The molecule has 11 heteroatoms. The second kappa shape index (κ2) is 6.71. The molecule has 0 N–H and O–H groups in total. The molecule has 1 fully saturated rings. The van der Waals surface area contributed by atoms with Gasteiger partial charge in [-0.3, -0.25) is 0 Å². The van der Waals surface area contributed by atoms with Gasteiger partial charge in [-0.25, -0.2) is 4.68 Å². The first-order chi connectivity index (χ1) is 12.5. The molecule has 1 aliphatic rings. The standard InChI is InChI=1S/C15H13F3N6OS/c16-15(17,18)10-3-1-2-9(6-10)14-19-13(25-21-14)8-26-7-12-20-22-23-24(12)11-4-5-11/h1-3,6,11H,4-5,7-8H2. The second-order valence-corrected chi connectivity index (χ2v) is 6.84. The van der Waals surface area contributed by atoms with Crippen molar-refractivity contribution in [3.05, 3.63) is 41.5 Å². The minimum atomic E-state index is -4.41. The molecule has 26 heavy (non-hydrogen) atoms. The van der Waals surface area contributed by atoms with Gasteiger partial charge >= 0.3 is 6.18 Å². The molecule has 136 valence electrons. The fourth-order valence-corrected chi connectivity index (χ4v) is 3.17. The Labute approximate surface area is 150 Å². The number of nitrogens with zero attached hydrogens (tertiary/aromatic N) is 6. The molecular formula is C15H13F3N6OS. The third-order valence-corrected chi connectivity index (χ3v) is 4.74. The SMILES string of the molecule is FC(F)(F)c1cccc(-c2noc(CSCc3nnnn3C3CC3)n2)c1. The van der Waals surface area contributed by atoms with Crippen molar-refractivity contribution in [2.75, 3.05) is 0 Å². The maximum Gasteiger partial charge on any atom is 0.416 e. The molecule has 0 unspecified atom stereocenters. The lowest BCUT2D eigenvalue weighted by Crippen LogP contribution is -2.04. The van der Waals surface area contributed by atoms with E-state index in [0.717, 1.165) is 30.8 Å². The third kappa shape index (κ3) is 3.71. The average Bonchev–Trinajstić information content (AvgIpc) is 3.16. The van der Waals surface area contributed by atoms with Crippen molar-refractivity contribution in [1.82, 2.24) is 30.3 Å². The summed E-state index contributed by atoms with van der Waals surface area (Å²) >= 11 is 1.50. The average molecular weight is 382 g/mol. The topological polar surface area (TPSA) is 82.5 Å². The number of benzene rings is 1. The van der Waals surface area contributed by atoms with Crippen molar-refractivity contribution in [1.29, 1.82) is 0 Å². The summed E-state index contributed by atoms with van der Waals surface area (Å²) in [6.07, 6.45) is -2.23. The van der Waals surface area contributed by atoms with Crippen LogP contribution in [0.1, 0.15) is 36.2 Å². The van der Waals surface area contributed by atoms with E-state index in [2.05, 4.69) is 25.7 Å². The van der Waals surface area contributed by atoms with E-state index >= 15 is 0 Å². The smallest absolute Gasteiger partial charge is 0.338 e. The van der Waals surface area contributed by atoms with Gasteiger partial charge in [0.2, 0.25) is 11.7 Å². The number of tetrazole rings is 1. The van der Waals surface area contributed by atoms with Gasteiger partial charge in [0, 0.05) is 5.56 Å².